The van der Waals surface area contributed by atoms with Gasteiger partial charge in [-0.25, -0.2) is 4.79 Å². The number of methoxy groups -OCH3 is 1. The molecule has 0 spiro atoms. The van der Waals surface area contributed by atoms with E-state index in [1.807, 2.05) is 12.1 Å². The van der Waals surface area contributed by atoms with Gasteiger partial charge in [0.25, 0.3) is 5.91 Å². The number of amides is 2. The quantitative estimate of drug-likeness (QED) is 0.495. The van der Waals surface area contributed by atoms with Crippen LogP contribution >= 0.6 is 0 Å². The molecule has 2 rings (SSSR count). The number of nitrogens with one attached hydrogen (secondary N) is 2. The second-order valence-electron chi connectivity index (χ2n) is 5.94. The summed E-state index contributed by atoms with van der Waals surface area (Å²) in [6.07, 6.45) is -0.550. The molecule has 2 aromatic carbocycles. The number of hydrogen-bond acceptors (Lipinski definition) is 6. The summed E-state index contributed by atoms with van der Waals surface area (Å²) in [6.45, 7) is 2.47. The molecule has 0 radical (unpaired) electrons. The Kier molecular flexibility index (Phi) is 8.65. The van der Waals surface area contributed by atoms with Crippen molar-refractivity contribution in [3.8, 4) is 5.75 Å². The van der Waals surface area contributed by atoms with Crippen LogP contribution < -0.4 is 15.4 Å². The lowest BCUT2D eigenvalue weighted by molar-refractivity contribution is -0.117. The van der Waals surface area contributed by atoms with Crippen molar-refractivity contribution in [2.45, 2.75) is 19.9 Å². The van der Waals surface area contributed by atoms with Crippen LogP contribution in [-0.4, -0.2) is 38.3 Å². The molecule has 0 fully saturated rings. The molecule has 0 saturated carbocycles. The van der Waals surface area contributed by atoms with Gasteiger partial charge in [0.2, 0.25) is 5.91 Å². The molecule has 0 aliphatic rings. The van der Waals surface area contributed by atoms with Gasteiger partial charge in [-0.15, -0.1) is 0 Å². The molecule has 0 heterocycles. The van der Waals surface area contributed by atoms with Gasteiger partial charge in [-0.05, 0) is 42.8 Å². The van der Waals surface area contributed by atoms with Gasteiger partial charge in [0.1, 0.15) is 5.75 Å². The molecule has 8 nitrogen and oxygen atoms in total. The van der Waals surface area contributed by atoms with Crippen molar-refractivity contribution in [1.82, 2.24) is 5.32 Å². The minimum atomic E-state index is -0.797. The molecular formula is C21H24N2O6. The van der Waals surface area contributed by atoms with Gasteiger partial charge in [-0.3, -0.25) is 9.59 Å². The summed E-state index contributed by atoms with van der Waals surface area (Å²) >= 11 is 0. The average Bonchev–Trinajstić information content (AvgIpc) is 2.72. The molecule has 29 heavy (non-hydrogen) atoms. The highest BCUT2D eigenvalue weighted by molar-refractivity contribution is 5.95. The number of anilines is 1. The third-order valence-electron chi connectivity index (χ3n) is 3.84. The first-order valence-corrected chi connectivity index (χ1v) is 9.13. The van der Waals surface area contributed by atoms with Crippen LogP contribution in [0.15, 0.2) is 48.5 Å². The maximum Gasteiger partial charge on any atom is 0.513 e. The zero-order chi connectivity index (χ0) is 21.1. The zero-order valence-electron chi connectivity index (χ0n) is 16.4. The SMILES string of the molecule is CCOC(=O)Oc1ccc(C(=O)NCc2ccccc2NC(=O)CCOC)cc1. The second-order valence-corrected chi connectivity index (χ2v) is 5.94. The second kappa shape index (κ2) is 11.5. The van der Waals surface area contributed by atoms with Crippen molar-refractivity contribution in [1.29, 1.82) is 0 Å². The number of para-hydroxylation sites is 1. The Morgan fingerprint density at radius 1 is 1.00 bits per heavy atom. The zero-order valence-corrected chi connectivity index (χ0v) is 16.4. The van der Waals surface area contributed by atoms with Gasteiger partial charge in [-0.2, -0.15) is 0 Å². The predicted octanol–water partition coefficient (Wildman–Crippen LogP) is 3.13. The fourth-order valence-electron chi connectivity index (χ4n) is 2.40. The summed E-state index contributed by atoms with van der Waals surface area (Å²) in [5, 5.41) is 5.62. The molecule has 0 aromatic heterocycles. The van der Waals surface area contributed by atoms with Crippen LogP contribution in [0.1, 0.15) is 29.3 Å². The number of benzene rings is 2. The van der Waals surface area contributed by atoms with Gasteiger partial charge < -0.3 is 24.8 Å². The lowest BCUT2D eigenvalue weighted by Gasteiger charge is -2.12. The molecule has 0 aliphatic heterocycles. The molecule has 2 amide bonds. The highest BCUT2D eigenvalue weighted by Crippen LogP contribution is 2.16. The maximum absolute atomic E-state index is 12.4. The normalized spacial score (nSPS) is 10.1. The van der Waals surface area contributed by atoms with Crippen LogP contribution in [0.3, 0.4) is 0 Å². The standard InChI is InChI=1S/C21H24N2O6/c1-3-28-21(26)29-17-10-8-15(9-11-17)20(25)22-14-16-6-4-5-7-18(16)23-19(24)12-13-27-2/h4-11H,3,12-14H2,1-2H3,(H,22,25)(H,23,24). The summed E-state index contributed by atoms with van der Waals surface area (Å²) < 4.78 is 14.5. The van der Waals surface area contributed by atoms with E-state index in [1.165, 1.54) is 19.2 Å². The lowest BCUT2D eigenvalue weighted by Crippen LogP contribution is -2.24. The topological polar surface area (TPSA) is 103 Å². The van der Waals surface area contributed by atoms with E-state index in [-0.39, 0.29) is 37.1 Å². The van der Waals surface area contributed by atoms with Crippen LogP contribution in [0, 0.1) is 0 Å². The fraction of sp³-hybridized carbons (Fsp3) is 0.286. The smallest absolute Gasteiger partial charge is 0.434 e. The van der Waals surface area contributed by atoms with E-state index in [1.54, 1.807) is 31.2 Å². The molecule has 8 heteroatoms. The first-order chi connectivity index (χ1) is 14.0. The minimum absolute atomic E-state index is 0.164. The lowest BCUT2D eigenvalue weighted by atomic mass is 10.1. The van der Waals surface area contributed by atoms with Crippen LogP contribution in [0.5, 0.6) is 5.75 Å². The van der Waals surface area contributed by atoms with E-state index < -0.39 is 6.16 Å². The van der Waals surface area contributed by atoms with E-state index in [9.17, 15) is 14.4 Å². The maximum atomic E-state index is 12.4. The average molecular weight is 400 g/mol. The predicted molar refractivity (Wildman–Crippen MR) is 107 cm³/mol. The van der Waals surface area contributed by atoms with E-state index >= 15 is 0 Å². The Hall–Kier alpha value is -3.39. The molecule has 0 bridgehead atoms. The summed E-state index contributed by atoms with van der Waals surface area (Å²) in [4.78, 5) is 35.6. The van der Waals surface area contributed by atoms with E-state index in [2.05, 4.69) is 10.6 Å². The molecular weight excluding hydrogens is 376 g/mol. The van der Waals surface area contributed by atoms with Crippen molar-refractivity contribution >= 4 is 23.7 Å². The number of ether oxygens (including phenoxy) is 3. The summed E-state index contributed by atoms with van der Waals surface area (Å²) in [5.41, 5.74) is 1.81. The minimum Gasteiger partial charge on any atom is -0.434 e. The van der Waals surface area contributed by atoms with E-state index in [0.717, 1.165) is 5.56 Å². The Balaban J connectivity index is 1.93. The van der Waals surface area contributed by atoms with Crippen molar-refractivity contribution in [2.75, 3.05) is 25.6 Å². The Labute approximate surface area is 169 Å². The Morgan fingerprint density at radius 2 is 1.72 bits per heavy atom. The van der Waals surface area contributed by atoms with Gasteiger partial charge >= 0.3 is 6.16 Å². The molecule has 0 unspecified atom stereocenters. The summed E-state index contributed by atoms with van der Waals surface area (Å²) in [7, 11) is 1.53. The van der Waals surface area contributed by atoms with Gasteiger partial charge in [0.05, 0.1) is 19.6 Å². The van der Waals surface area contributed by atoms with E-state index in [4.69, 9.17) is 14.2 Å². The molecule has 0 atom stereocenters. The fourth-order valence-corrected chi connectivity index (χ4v) is 2.40. The molecule has 154 valence electrons. The third kappa shape index (κ3) is 7.27. The molecule has 2 N–H and O–H groups in total. The van der Waals surface area contributed by atoms with Crippen LogP contribution in [0.25, 0.3) is 0 Å². The summed E-state index contributed by atoms with van der Waals surface area (Å²) in [5.74, 6) is -0.180. The number of hydrogen-bond donors (Lipinski definition) is 2. The van der Waals surface area contributed by atoms with Crippen molar-refractivity contribution in [2.24, 2.45) is 0 Å². The number of carbonyl (C=O) groups is 3. The Morgan fingerprint density at radius 3 is 2.41 bits per heavy atom. The molecule has 2 aromatic rings. The largest absolute Gasteiger partial charge is 0.513 e. The number of carbonyl (C=O) groups excluding carboxylic acids is 3. The monoisotopic (exact) mass is 400 g/mol. The van der Waals surface area contributed by atoms with Gasteiger partial charge in [0.15, 0.2) is 0 Å². The van der Waals surface area contributed by atoms with Gasteiger partial charge in [0, 0.05) is 24.9 Å². The van der Waals surface area contributed by atoms with Crippen LogP contribution in [0.2, 0.25) is 0 Å². The highest BCUT2D eigenvalue weighted by Gasteiger charge is 2.10. The van der Waals surface area contributed by atoms with Gasteiger partial charge in [-0.1, -0.05) is 18.2 Å². The summed E-state index contributed by atoms with van der Waals surface area (Å²) in [6, 6.07) is 13.3. The number of rotatable bonds is 9. The third-order valence-corrected chi connectivity index (χ3v) is 3.84. The van der Waals surface area contributed by atoms with Crippen molar-refractivity contribution < 1.29 is 28.6 Å². The molecule has 0 saturated heterocycles. The Bertz CT molecular complexity index is 835. The highest BCUT2D eigenvalue weighted by atomic mass is 16.7. The molecule has 0 aliphatic carbocycles. The van der Waals surface area contributed by atoms with Crippen LogP contribution in [-0.2, 0) is 20.8 Å². The van der Waals surface area contributed by atoms with Crippen LogP contribution in [0.4, 0.5) is 10.5 Å². The van der Waals surface area contributed by atoms with Crippen molar-refractivity contribution in [3.63, 3.8) is 0 Å². The van der Waals surface area contributed by atoms with Crippen molar-refractivity contribution in [3.05, 3.63) is 59.7 Å². The van der Waals surface area contributed by atoms with E-state index in [0.29, 0.717) is 17.9 Å². The first-order valence-electron chi connectivity index (χ1n) is 9.13. The first kappa shape index (κ1) is 21.9.